The van der Waals surface area contributed by atoms with Crippen LogP contribution >= 0.6 is 11.6 Å². The Labute approximate surface area is 185 Å². The van der Waals surface area contributed by atoms with Crippen LogP contribution < -0.4 is 10.6 Å². The van der Waals surface area contributed by atoms with Crippen molar-refractivity contribution in [1.29, 1.82) is 0 Å². The van der Waals surface area contributed by atoms with Crippen molar-refractivity contribution < 1.29 is 4.79 Å². The minimum absolute atomic E-state index is 0.0503. The number of anilines is 2. The van der Waals surface area contributed by atoms with Crippen LogP contribution in [0.3, 0.4) is 0 Å². The summed E-state index contributed by atoms with van der Waals surface area (Å²) >= 11 is 6.15. The zero-order chi connectivity index (χ0) is 22.0. The van der Waals surface area contributed by atoms with E-state index in [1.165, 1.54) is 0 Å². The summed E-state index contributed by atoms with van der Waals surface area (Å²) in [6.45, 7) is 6.72. The van der Waals surface area contributed by atoms with Gasteiger partial charge in [-0.25, -0.2) is 9.97 Å². The predicted octanol–water partition coefficient (Wildman–Crippen LogP) is 5.23. The highest BCUT2D eigenvalue weighted by Crippen LogP contribution is 2.23. The van der Waals surface area contributed by atoms with E-state index in [0.717, 1.165) is 23.2 Å². The fourth-order valence-electron chi connectivity index (χ4n) is 3.20. The summed E-state index contributed by atoms with van der Waals surface area (Å²) in [5.41, 5.74) is 4.53. The number of benzene rings is 2. The lowest BCUT2D eigenvalue weighted by Crippen LogP contribution is -2.13. The van der Waals surface area contributed by atoms with Gasteiger partial charge in [-0.3, -0.25) is 9.48 Å². The summed E-state index contributed by atoms with van der Waals surface area (Å²) in [6, 6.07) is 12.9. The van der Waals surface area contributed by atoms with E-state index < -0.39 is 0 Å². The molecule has 2 heterocycles. The van der Waals surface area contributed by atoms with Crippen LogP contribution in [0, 0.1) is 6.92 Å². The molecule has 0 radical (unpaired) electrons. The average molecular weight is 435 g/mol. The van der Waals surface area contributed by atoms with Gasteiger partial charge in [-0.2, -0.15) is 5.10 Å². The van der Waals surface area contributed by atoms with Gasteiger partial charge in [0.2, 0.25) is 5.65 Å². The molecule has 0 aliphatic carbocycles. The molecule has 0 aliphatic rings. The smallest absolute Gasteiger partial charge is 0.255 e. The maximum Gasteiger partial charge on any atom is 0.255 e. The van der Waals surface area contributed by atoms with Gasteiger partial charge < -0.3 is 10.6 Å². The number of carbonyl (C=O) groups excluding carboxylic acids is 1. The summed E-state index contributed by atoms with van der Waals surface area (Å²) < 4.78 is 1.81. The first-order valence-corrected chi connectivity index (χ1v) is 10.4. The van der Waals surface area contributed by atoms with E-state index in [1.54, 1.807) is 18.3 Å². The molecule has 8 heteroatoms. The standard InChI is InChI=1S/C23H23ClN6O/c1-4-30-13-20-22(29-30)28-21(12-25-20)26-15(3)16-6-5-7-18(10-16)27-23(31)17-9-8-14(2)19(24)11-17/h5-13,15H,4H2,1-3H3,(H,27,31)(H,26,28,29)/t15-/m0/s1. The molecule has 2 aromatic heterocycles. The normalized spacial score (nSPS) is 12.0. The van der Waals surface area contributed by atoms with E-state index in [-0.39, 0.29) is 11.9 Å². The second kappa shape index (κ2) is 8.73. The Morgan fingerprint density at radius 3 is 2.84 bits per heavy atom. The number of fused-ring (bicyclic) bond motifs is 1. The minimum atomic E-state index is -0.206. The summed E-state index contributed by atoms with van der Waals surface area (Å²) in [7, 11) is 0. The molecule has 0 unspecified atom stereocenters. The van der Waals surface area contributed by atoms with E-state index >= 15 is 0 Å². The number of halogens is 1. The molecule has 1 amide bonds. The van der Waals surface area contributed by atoms with E-state index in [9.17, 15) is 4.79 Å². The molecule has 7 nitrogen and oxygen atoms in total. The SMILES string of the molecule is CCn1cc2ncc(N[C@@H](C)c3cccc(NC(=O)c4ccc(C)c(Cl)c4)c3)nc2n1. The second-order valence-electron chi connectivity index (χ2n) is 7.36. The van der Waals surface area contributed by atoms with Crippen LogP contribution in [0.15, 0.2) is 54.9 Å². The van der Waals surface area contributed by atoms with Crippen molar-refractivity contribution >= 4 is 40.2 Å². The van der Waals surface area contributed by atoms with Gasteiger partial charge in [-0.15, -0.1) is 0 Å². The number of amides is 1. The number of hydrogen-bond donors (Lipinski definition) is 2. The fraction of sp³-hybridized carbons (Fsp3) is 0.217. The minimum Gasteiger partial charge on any atom is -0.362 e. The maximum absolute atomic E-state index is 12.6. The lowest BCUT2D eigenvalue weighted by Gasteiger charge is -2.16. The third-order valence-corrected chi connectivity index (χ3v) is 5.45. The van der Waals surface area contributed by atoms with Gasteiger partial charge in [-0.05, 0) is 56.2 Å². The highest BCUT2D eigenvalue weighted by Gasteiger charge is 2.12. The van der Waals surface area contributed by atoms with Crippen molar-refractivity contribution in [3.63, 3.8) is 0 Å². The quantitative estimate of drug-likeness (QED) is 0.434. The summed E-state index contributed by atoms with van der Waals surface area (Å²) in [4.78, 5) is 21.6. The second-order valence-corrected chi connectivity index (χ2v) is 7.77. The zero-order valence-electron chi connectivity index (χ0n) is 17.6. The lowest BCUT2D eigenvalue weighted by molar-refractivity contribution is 0.102. The molecule has 0 fully saturated rings. The fourth-order valence-corrected chi connectivity index (χ4v) is 3.39. The molecule has 2 N–H and O–H groups in total. The summed E-state index contributed by atoms with van der Waals surface area (Å²) in [6.07, 6.45) is 3.58. The summed E-state index contributed by atoms with van der Waals surface area (Å²) in [5, 5.41) is 11.3. The first-order chi connectivity index (χ1) is 14.9. The van der Waals surface area contributed by atoms with Crippen LogP contribution in [0.4, 0.5) is 11.5 Å². The van der Waals surface area contributed by atoms with E-state index in [4.69, 9.17) is 11.6 Å². The Bertz CT molecular complexity index is 1250. The Morgan fingerprint density at radius 1 is 1.23 bits per heavy atom. The number of aryl methyl sites for hydroxylation is 2. The molecule has 0 aliphatic heterocycles. The first-order valence-electron chi connectivity index (χ1n) is 10.1. The highest BCUT2D eigenvalue weighted by molar-refractivity contribution is 6.31. The number of nitrogens with one attached hydrogen (secondary N) is 2. The monoisotopic (exact) mass is 434 g/mol. The molecule has 0 bridgehead atoms. The predicted molar refractivity (Wildman–Crippen MR) is 124 cm³/mol. The van der Waals surface area contributed by atoms with Gasteiger partial charge >= 0.3 is 0 Å². The highest BCUT2D eigenvalue weighted by atomic mass is 35.5. The van der Waals surface area contributed by atoms with Crippen molar-refractivity contribution in [2.75, 3.05) is 10.6 Å². The van der Waals surface area contributed by atoms with Crippen LogP contribution in [-0.4, -0.2) is 25.7 Å². The van der Waals surface area contributed by atoms with E-state index in [1.807, 2.05) is 62.0 Å². The van der Waals surface area contributed by atoms with E-state index in [2.05, 4.69) is 25.7 Å². The Morgan fingerprint density at radius 2 is 2.06 bits per heavy atom. The Balaban J connectivity index is 1.48. The average Bonchev–Trinajstić information content (AvgIpc) is 3.18. The number of hydrogen-bond acceptors (Lipinski definition) is 5. The van der Waals surface area contributed by atoms with Crippen LogP contribution in [0.25, 0.3) is 11.2 Å². The largest absolute Gasteiger partial charge is 0.362 e. The lowest BCUT2D eigenvalue weighted by atomic mass is 10.1. The molecular formula is C23H23ClN6O. The zero-order valence-corrected chi connectivity index (χ0v) is 18.3. The van der Waals surface area contributed by atoms with Crippen molar-refractivity contribution in [2.24, 2.45) is 0 Å². The molecule has 0 spiro atoms. The topological polar surface area (TPSA) is 84.7 Å². The van der Waals surface area contributed by atoms with Crippen molar-refractivity contribution in [1.82, 2.24) is 19.7 Å². The molecule has 2 aromatic carbocycles. The Kier molecular flexibility index (Phi) is 5.86. The number of nitrogens with zero attached hydrogens (tertiary/aromatic N) is 4. The Hall–Kier alpha value is -3.45. The van der Waals surface area contributed by atoms with Crippen LogP contribution in [0.1, 0.15) is 41.4 Å². The van der Waals surface area contributed by atoms with Gasteiger partial charge in [0.1, 0.15) is 11.3 Å². The molecule has 0 saturated carbocycles. The van der Waals surface area contributed by atoms with Gasteiger partial charge in [0.05, 0.1) is 18.4 Å². The van der Waals surface area contributed by atoms with Gasteiger partial charge in [0.25, 0.3) is 5.91 Å². The van der Waals surface area contributed by atoms with Crippen molar-refractivity contribution in [3.05, 3.63) is 76.6 Å². The molecule has 4 aromatic rings. The molecule has 31 heavy (non-hydrogen) atoms. The van der Waals surface area contributed by atoms with Crippen molar-refractivity contribution in [2.45, 2.75) is 33.4 Å². The van der Waals surface area contributed by atoms with E-state index in [0.29, 0.717) is 27.7 Å². The molecule has 158 valence electrons. The van der Waals surface area contributed by atoms with Gasteiger partial charge in [-0.1, -0.05) is 29.8 Å². The third kappa shape index (κ3) is 4.67. The maximum atomic E-state index is 12.6. The number of carbonyl (C=O) groups is 1. The van der Waals surface area contributed by atoms with Crippen LogP contribution in [0.2, 0.25) is 5.02 Å². The first kappa shape index (κ1) is 20.8. The van der Waals surface area contributed by atoms with Crippen LogP contribution in [0.5, 0.6) is 0 Å². The van der Waals surface area contributed by atoms with Gasteiger partial charge in [0, 0.05) is 22.8 Å². The molecule has 4 rings (SSSR count). The molecular weight excluding hydrogens is 412 g/mol. The number of rotatable bonds is 6. The molecule has 0 saturated heterocycles. The van der Waals surface area contributed by atoms with Gasteiger partial charge in [0.15, 0.2) is 0 Å². The molecule has 1 atom stereocenters. The van der Waals surface area contributed by atoms with Crippen molar-refractivity contribution in [3.8, 4) is 0 Å². The van der Waals surface area contributed by atoms with Crippen LogP contribution in [-0.2, 0) is 6.54 Å². The summed E-state index contributed by atoms with van der Waals surface area (Å²) in [5.74, 6) is 0.438. The number of aromatic nitrogens is 4. The third-order valence-electron chi connectivity index (χ3n) is 5.04.